The Balaban J connectivity index is 2.32. The number of primary amides is 1. The number of aryl methyl sites for hydroxylation is 1. The smallest absolute Gasteiger partial charge is 0.329 e. The van der Waals surface area contributed by atoms with Crippen LogP contribution >= 0.6 is 0 Å². The van der Waals surface area contributed by atoms with Gasteiger partial charge in [-0.1, -0.05) is 12.8 Å². The monoisotopic (exact) mass is 263 g/mol. The van der Waals surface area contributed by atoms with Crippen LogP contribution in [0.15, 0.2) is 12.1 Å². The molecule has 1 fully saturated rings. The van der Waals surface area contributed by atoms with Crippen LogP contribution in [0.2, 0.25) is 0 Å². The number of nitrogens with two attached hydrogens (primary N) is 1. The second-order valence-electron chi connectivity index (χ2n) is 4.97. The molecule has 1 saturated carbocycles. The number of nitrogens with one attached hydrogen (secondary N) is 1. The molecule has 1 aromatic heterocycles. The van der Waals surface area contributed by atoms with E-state index in [0.29, 0.717) is 29.9 Å². The molecule has 0 bridgehead atoms. The Morgan fingerprint density at radius 3 is 2.53 bits per heavy atom. The predicted octanol–water partition coefficient (Wildman–Crippen LogP) is 1.30. The van der Waals surface area contributed by atoms with Gasteiger partial charge in [0.2, 0.25) is 5.91 Å². The standard InChI is InChI=1S/C13H17N3O3/c1-8-6-9(11(14)17)7-10(15-8)16-13(12(18)19)4-2-3-5-13/h6-7H,2-5H2,1H3,(H2,14,17)(H,15,16)(H,18,19). The van der Waals surface area contributed by atoms with Crippen molar-refractivity contribution in [2.75, 3.05) is 5.32 Å². The summed E-state index contributed by atoms with van der Waals surface area (Å²) in [4.78, 5) is 26.9. The van der Waals surface area contributed by atoms with Crippen LogP contribution in [0.5, 0.6) is 0 Å². The normalized spacial score (nSPS) is 17.1. The first-order valence-corrected chi connectivity index (χ1v) is 6.23. The largest absolute Gasteiger partial charge is 0.480 e. The number of anilines is 1. The highest BCUT2D eigenvalue weighted by Gasteiger charge is 2.41. The zero-order chi connectivity index (χ0) is 14.0. The Morgan fingerprint density at radius 2 is 2.00 bits per heavy atom. The quantitative estimate of drug-likeness (QED) is 0.759. The average Bonchev–Trinajstić information content (AvgIpc) is 2.78. The van der Waals surface area contributed by atoms with Gasteiger partial charge in [-0.2, -0.15) is 0 Å². The number of hydrogen-bond acceptors (Lipinski definition) is 4. The molecule has 0 unspecified atom stereocenters. The minimum absolute atomic E-state index is 0.327. The van der Waals surface area contributed by atoms with Crippen molar-refractivity contribution in [3.05, 3.63) is 23.4 Å². The van der Waals surface area contributed by atoms with Crippen LogP contribution in [0.25, 0.3) is 0 Å². The molecule has 102 valence electrons. The van der Waals surface area contributed by atoms with Gasteiger partial charge in [0.1, 0.15) is 11.4 Å². The number of rotatable bonds is 4. The molecule has 19 heavy (non-hydrogen) atoms. The van der Waals surface area contributed by atoms with E-state index in [-0.39, 0.29) is 0 Å². The topological polar surface area (TPSA) is 105 Å². The maximum atomic E-state index is 11.4. The van der Waals surface area contributed by atoms with Gasteiger partial charge >= 0.3 is 5.97 Å². The molecule has 1 amide bonds. The van der Waals surface area contributed by atoms with E-state index in [1.165, 1.54) is 6.07 Å². The molecule has 1 heterocycles. The molecule has 0 saturated heterocycles. The molecule has 1 aromatic rings. The number of carbonyl (C=O) groups excluding carboxylic acids is 1. The number of amides is 1. The van der Waals surface area contributed by atoms with Crippen molar-refractivity contribution in [2.24, 2.45) is 5.73 Å². The van der Waals surface area contributed by atoms with Gasteiger partial charge in [-0.05, 0) is 31.9 Å². The maximum absolute atomic E-state index is 11.4. The van der Waals surface area contributed by atoms with Crippen molar-refractivity contribution in [2.45, 2.75) is 38.1 Å². The molecule has 0 atom stereocenters. The van der Waals surface area contributed by atoms with Gasteiger partial charge in [0.05, 0.1) is 0 Å². The van der Waals surface area contributed by atoms with Crippen LogP contribution in [-0.4, -0.2) is 27.5 Å². The average molecular weight is 263 g/mol. The van der Waals surface area contributed by atoms with Crippen molar-refractivity contribution < 1.29 is 14.7 Å². The lowest BCUT2D eigenvalue weighted by molar-refractivity contribution is -0.142. The Kier molecular flexibility index (Phi) is 3.42. The van der Waals surface area contributed by atoms with Crippen LogP contribution in [0.3, 0.4) is 0 Å². The number of nitrogens with zero attached hydrogens (tertiary/aromatic N) is 1. The van der Waals surface area contributed by atoms with Crippen LogP contribution in [0.4, 0.5) is 5.82 Å². The third-order valence-electron chi connectivity index (χ3n) is 3.47. The number of aliphatic carboxylic acids is 1. The molecule has 2 rings (SSSR count). The molecule has 6 heteroatoms. The lowest BCUT2D eigenvalue weighted by Gasteiger charge is -2.26. The molecule has 4 N–H and O–H groups in total. The number of carbonyl (C=O) groups is 2. The zero-order valence-electron chi connectivity index (χ0n) is 10.8. The third kappa shape index (κ3) is 2.67. The van der Waals surface area contributed by atoms with Crippen LogP contribution in [-0.2, 0) is 4.79 Å². The lowest BCUT2D eigenvalue weighted by atomic mass is 9.98. The fourth-order valence-electron chi connectivity index (χ4n) is 2.49. The van der Waals surface area contributed by atoms with Crippen molar-refractivity contribution in [3.8, 4) is 0 Å². The second kappa shape index (κ2) is 4.87. The number of carboxylic acid groups (broad SMARTS) is 1. The van der Waals surface area contributed by atoms with E-state index in [9.17, 15) is 14.7 Å². The van der Waals surface area contributed by atoms with E-state index in [2.05, 4.69) is 10.3 Å². The van der Waals surface area contributed by atoms with Crippen molar-refractivity contribution in [1.29, 1.82) is 0 Å². The van der Waals surface area contributed by atoms with E-state index in [1.807, 2.05) is 0 Å². The van der Waals surface area contributed by atoms with E-state index in [1.54, 1.807) is 13.0 Å². The summed E-state index contributed by atoms with van der Waals surface area (Å²) in [6.45, 7) is 1.74. The zero-order valence-corrected chi connectivity index (χ0v) is 10.8. The van der Waals surface area contributed by atoms with Gasteiger partial charge in [-0.15, -0.1) is 0 Å². The molecule has 0 aliphatic heterocycles. The Labute approximate surface area is 111 Å². The third-order valence-corrected chi connectivity index (χ3v) is 3.47. The Hall–Kier alpha value is -2.11. The highest BCUT2D eigenvalue weighted by atomic mass is 16.4. The van der Waals surface area contributed by atoms with Gasteiger partial charge in [-0.3, -0.25) is 4.79 Å². The van der Waals surface area contributed by atoms with E-state index < -0.39 is 17.4 Å². The molecular weight excluding hydrogens is 246 g/mol. The fourth-order valence-corrected chi connectivity index (χ4v) is 2.49. The predicted molar refractivity (Wildman–Crippen MR) is 69.9 cm³/mol. The number of aromatic nitrogens is 1. The van der Waals surface area contributed by atoms with Gasteiger partial charge in [0.25, 0.3) is 0 Å². The first-order chi connectivity index (χ1) is 8.93. The van der Waals surface area contributed by atoms with Crippen LogP contribution in [0.1, 0.15) is 41.7 Å². The summed E-state index contributed by atoms with van der Waals surface area (Å²) < 4.78 is 0. The van der Waals surface area contributed by atoms with E-state index in [4.69, 9.17) is 5.73 Å². The lowest BCUT2D eigenvalue weighted by Crippen LogP contribution is -2.44. The van der Waals surface area contributed by atoms with Gasteiger partial charge in [0.15, 0.2) is 0 Å². The first kappa shape index (κ1) is 13.3. The summed E-state index contributed by atoms with van der Waals surface area (Å²) in [6.07, 6.45) is 2.86. The Morgan fingerprint density at radius 1 is 1.37 bits per heavy atom. The van der Waals surface area contributed by atoms with Crippen molar-refractivity contribution >= 4 is 17.7 Å². The van der Waals surface area contributed by atoms with E-state index in [0.717, 1.165) is 12.8 Å². The van der Waals surface area contributed by atoms with Crippen LogP contribution < -0.4 is 11.1 Å². The second-order valence-corrected chi connectivity index (χ2v) is 4.97. The summed E-state index contributed by atoms with van der Waals surface area (Å²) in [5.74, 6) is -1.05. The summed E-state index contributed by atoms with van der Waals surface area (Å²) in [5.41, 5.74) is 5.22. The van der Waals surface area contributed by atoms with Crippen LogP contribution in [0, 0.1) is 6.92 Å². The van der Waals surface area contributed by atoms with Crippen molar-refractivity contribution in [3.63, 3.8) is 0 Å². The first-order valence-electron chi connectivity index (χ1n) is 6.23. The Bertz CT molecular complexity index is 522. The number of carboxylic acids is 1. The summed E-state index contributed by atoms with van der Waals surface area (Å²) >= 11 is 0. The van der Waals surface area contributed by atoms with Gasteiger partial charge in [-0.25, -0.2) is 9.78 Å². The van der Waals surface area contributed by atoms with Gasteiger partial charge in [0, 0.05) is 11.3 Å². The fraction of sp³-hybridized carbons (Fsp3) is 0.462. The molecule has 1 aliphatic carbocycles. The van der Waals surface area contributed by atoms with E-state index >= 15 is 0 Å². The minimum Gasteiger partial charge on any atom is -0.480 e. The number of pyridine rings is 1. The number of hydrogen-bond donors (Lipinski definition) is 3. The molecule has 0 radical (unpaired) electrons. The SMILES string of the molecule is Cc1cc(C(N)=O)cc(NC2(C(=O)O)CCCC2)n1. The molecular formula is C13H17N3O3. The minimum atomic E-state index is -0.976. The maximum Gasteiger partial charge on any atom is 0.329 e. The highest BCUT2D eigenvalue weighted by Crippen LogP contribution is 2.33. The molecule has 0 spiro atoms. The van der Waals surface area contributed by atoms with Crippen molar-refractivity contribution in [1.82, 2.24) is 4.98 Å². The molecule has 0 aromatic carbocycles. The molecule has 1 aliphatic rings. The molecule has 6 nitrogen and oxygen atoms in total. The summed E-state index contributed by atoms with van der Waals surface area (Å²) in [7, 11) is 0. The summed E-state index contributed by atoms with van der Waals surface area (Å²) in [5, 5.41) is 12.4. The highest BCUT2D eigenvalue weighted by molar-refractivity contribution is 5.94. The summed E-state index contributed by atoms with van der Waals surface area (Å²) in [6, 6.07) is 3.08. The van der Waals surface area contributed by atoms with Gasteiger partial charge < -0.3 is 16.2 Å².